The molecule has 0 spiro atoms. The molecule has 0 amide bonds. The lowest BCUT2D eigenvalue weighted by molar-refractivity contribution is 0.299. The Morgan fingerprint density at radius 3 is 2.80 bits per heavy atom. The lowest BCUT2D eigenvalue weighted by atomic mass is 10.0. The number of hydrogen-bond donors (Lipinski definition) is 1. The van der Waals surface area contributed by atoms with E-state index >= 15 is 0 Å². The Kier molecular flexibility index (Phi) is 4.44. The van der Waals surface area contributed by atoms with Crippen molar-refractivity contribution in [3.63, 3.8) is 0 Å². The summed E-state index contributed by atoms with van der Waals surface area (Å²) >= 11 is 0. The maximum atomic E-state index is 13.0. The first-order valence-corrected chi connectivity index (χ1v) is 9.98. The van der Waals surface area contributed by atoms with Gasteiger partial charge in [-0.25, -0.2) is 4.98 Å². The Bertz CT molecular complexity index is 1290. The Morgan fingerprint density at radius 1 is 1.20 bits per heavy atom. The normalized spacial score (nSPS) is 15.7. The molecule has 0 radical (unpaired) electrons. The van der Waals surface area contributed by atoms with Crippen molar-refractivity contribution >= 4 is 10.9 Å². The van der Waals surface area contributed by atoms with E-state index in [0.29, 0.717) is 28.5 Å². The number of methoxy groups -OCH3 is 1. The Hall–Kier alpha value is -3.38. The number of aromatic amines is 1. The molecule has 30 heavy (non-hydrogen) atoms. The quantitative estimate of drug-likeness (QED) is 0.549. The monoisotopic (exact) mass is 401 g/mol. The van der Waals surface area contributed by atoms with Crippen molar-refractivity contribution < 1.29 is 9.15 Å². The number of hydrogen-bond acceptors (Lipinski definition) is 5. The van der Waals surface area contributed by atoms with Crippen LogP contribution in [0.3, 0.4) is 0 Å². The summed E-state index contributed by atoms with van der Waals surface area (Å²) in [5.41, 5.74) is 5.92. The predicted molar refractivity (Wildman–Crippen MR) is 117 cm³/mol. The zero-order valence-electron chi connectivity index (χ0n) is 17.2. The van der Waals surface area contributed by atoms with Crippen molar-refractivity contribution in [2.24, 2.45) is 0 Å². The highest BCUT2D eigenvalue weighted by atomic mass is 16.5. The molecule has 0 aliphatic heterocycles. The number of fused-ring (bicyclic) bond motifs is 2. The zero-order chi connectivity index (χ0) is 20.8. The van der Waals surface area contributed by atoms with E-state index in [-0.39, 0.29) is 5.43 Å². The number of H-pyrrole nitrogens is 1. The molecule has 152 valence electrons. The number of nitrogens with one attached hydrogen (secondary N) is 1. The van der Waals surface area contributed by atoms with E-state index in [2.05, 4.69) is 47.2 Å². The van der Waals surface area contributed by atoms with Gasteiger partial charge in [0, 0.05) is 29.3 Å². The molecule has 0 saturated carbocycles. The van der Waals surface area contributed by atoms with Gasteiger partial charge in [-0.3, -0.25) is 4.79 Å². The van der Waals surface area contributed by atoms with Crippen LogP contribution < -0.4 is 10.2 Å². The molecule has 1 N–H and O–H groups in total. The number of nitrogens with zero attached hydrogens (tertiary/aromatic N) is 2. The first-order valence-electron chi connectivity index (χ1n) is 9.98. The Balaban J connectivity index is 1.65. The van der Waals surface area contributed by atoms with Crippen LogP contribution in [0, 0.1) is 0 Å². The van der Waals surface area contributed by atoms with Gasteiger partial charge in [-0.05, 0) is 55.8 Å². The standard InChI is InChI=1S/C24H23N3O3/c1-27(2)21-7-6-14-4-5-15(8-16(14)21)19-10-22(28)17-9-18(24-12-25-13-30-24)23(29-3)11-20(17)26-19/h4-5,8-13,21H,6-7H2,1-3H3,(H,26,28)/t21-/m0/s1. The Morgan fingerprint density at radius 2 is 2.07 bits per heavy atom. The fourth-order valence-corrected chi connectivity index (χ4v) is 4.43. The van der Waals surface area contributed by atoms with Crippen LogP contribution in [-0.2, 0) is 6.42 Å². The minimum Gasteiger partial charge on any atom is -0.496 e. The summed E-state index contributed by atoms with van der Waals surface area (Å²) in [5, 5.41) is 0.582. The van der Waals surface area contributed by atoms with Crippen molar-refractivity contribution in [2.75, 3.05) is 21.2 Å². The summed E-state index contributed by atoms with van der Waals surface area (Å²) in [5.74, 6) is 1.18. The molecule has 1 aliphatic rings. The van der Waals surface area contributed by atoms with Gasteiger partial charge in [-0.1, -0.05) is 12.1 Å². The van der Waals surface area contributed by atoms with Crippen molar-refractivity contribution in [2.45, 2.75) is 18.9 Å². The highest BCUT2D eigenvalue weighted by Crippen LogP contribution is 2.37. The number of oxazole rings is 1. The molecule has 5 rings (SSSR count). The smallest absolute Gasteiger partial charge is 0.190 e. The first-order chi connectivity index (χ1) is 14.5. The van der Waals surface area contributed by atoms with Gasteiger partial charge in [-0.2, -0.15) is 0 Å². The molecule has 1 atom stereocenters. The summed E-state index contributed by atoms with van der Waals surface area (Å²) in [4.78, 5) is 22.6. The lowest BCUT2D eigenvalue weighted by Gasteiger charge is -2.20. The van der Waals surface area contributed by atoms with Crippen LogP contribution in [0.5, 0.6) is 5.75 Å². The van der Waals surface area contributed by atoms with Gasteiger partial charge in [-0.15, -0.1) is 0 Å². The van der Waals surface area contributed by atoms with Crippen molar-refractivity contribution in [3.8, 4) is 28.3 Å². The van der Waals surface area contributed by atoms with Crippen LogP contribution in [0.4, 0.5) is 0 Å². The van der Waals surface area contributed by atoms with E-state index in [0.717, 1.165) is 29.6 Å². The molecular weight excluding hydrogens is 378 g/mol. The molecule has 0 fully saturated rings. The van der Waals surface area contributed by atoms with Gasteiger partial charge >= 0.3 is 0 Å². The predicted octanol–water partition coefficient (Wildman–Crippen LogP) is 4.41. The number of rotatable bonds is 4. The number of pyridine rings is 1. The zero-order valence-corrected chi connectivity index (χ0v) is 17.2. The summed E-state index contributed by atoms with van der Waals surface area (Å²) in [6, 6.07) is 12.2. The summed E-state index contributed by atoms with van der Waals surface area (Å²) in [6.07, 6.45) is 5.19. The molecule has 6 nitrogen and oxygen atoms in total. The molecular formula is C24H23N3O3. The largest absolute Gasteiger partial charge is 0.496 e. The van der Waals surface area contributed by atoms with Crippen LogP contribution in [0.25, 0.3) is 33.5 Å². The minimum absolute atomic E-state index is 0.0492. The SMILES string of the molecule is COc1cc2[nH]c(-c3ccc4c(c3)[C@@H](N(C)C)CC4)cc(=O)c2cc1-c1cnco1. The van der Waals surface area contributed by atoms with Gasteiger partial charge in [0.15, 0.2) is 17.6 Å². The van der Waals surface area contributed by atoms with E-state index in [4.69, 9.17) is 9.15 Å². The number of benzene rings is 2. The van der Waals surface area contributed by atoms with Crippen LogP contribution in [0.15, 0.2) is 58.2 Å². The summed E-state index contributed by atoms with van der Waals surface area (Å²) in [6.45, 7) is 0. The molecule has 4 aromatic rings. The van der Waals surface area contributed by atoms with Crippen LogP contribution in [0.1, 0.15) is 23.6 Å². The number of aromatic nitrogens is 2. The topological polar surface area (TPSA) is 71.4 Å². The second-order valence-corrected chi connectivity index (χ2v) is 7.94. The molecule has 2 aromatic carbocycles. The molecule has 1 aliphatic carbocycles. The second kappa shape index (κ2) is 7.15. The first kappa shape index (κ1) is 18.6. The molecule has 0 unspecified atom stereocenters. The van der Waals surface area contributed by atoms with Crippen molar-refractivity contribution in [1.29, 1.82) is 0 Å². The third-order valence-corrected chi connectivity index (χ3v) is 5.97. The fraction of sp³-hybridized carbons (Fsp3) is 0.250. The van der Waals surface area contributed by atoms with Crippen molar-refractivity contribution in [1.82, 2.24) is 14.9 Å². The van der Waals surface area contributed by atoms with Crippen LogP contribution in [0.2, 0.25) is 0 Å². The molecule has 2 aromatic heterocycles. The number of aryl methyl sites for hydroxylation is 1. The lowest BCUT2D eigenvalue weighted by Crippen LogP contribution is -2.17. The third-order valence-electron chi connectivity index (χ3n) is 5.97. The maximum absolute atomic E-state index is 13.0. The van der Waals surface area contributed by atoms with Gasteiger partial charge in [0.2, 0.25) is 0 Å². The highest BCUT2D eigenvalue weighted by Gasteiger charge is 2.24. The number of ether oxygens (including phenoxy) is 1. The Labute approximate surface area is 174 Å². The van der Waals surface area contributed by atoms with E-state index in [1.54, 1.807) is 25.4 Å². The minimum atomic E-state index is -0.0492. The average molecular weight is 401 g/mol. The maximum Gasteiger partial charge on any atom is 0.190 e. The van der Waals surface area contributed by atoms with E-state index < -0.39 is 0 Å². The second-order valence-electron chi connectivity index (χ2n) is 7.94. The van der Waals surface area contributed by atoms with Gasteiger partial charge < -0.3 is 19.0 Å². The van der Waals surface area contributed by atoms with Gasteiger partial charge in [0.05, 0.1) is 24.4 Å². The van der Waals surface area contributed by atoms with Crippen molar-refractivity contribution in [3.05, 3.63) is 70.3 Å². The third kappa shape index (κ3) is 3.00. The molecule has 0 bridgehead atoms. The molecule has 6 heteroatoms. The van der Waals surface area contributed by atoms with E-state index in [9.17, 15) is 4.79 Å². The van der Waals surface area contributed by atoms with Crippen LogP contribution >= 0.6 is 0 Å². The van der Waals surface area contributed by atoms with Gasteiger partial charge in [0.25, 0.3) is 0 Å². The molecule has 0 saturated heterocycles. The van der Waals surface area contributed by atoms with Gasteiger partial charge in [0.1, 0.15) is 5.75 Å². The van der Waals surface area contributed by atoms with Crippen LogP contribution in [-0.4, -0.2) is 36.1 Å². The summed E-state index contributed by atoms with van der Waals surface area (Å²) < 4.78 is 11.0. The van der Waals surface area contributed by atoms with E-state index in [1.165, 1.54) is 17.5 Å². The highest BCUT2D eigenvalue weighted by molar-refractivity contribution is 5.88. The fourth-order valence-electron chi connectivity index (χ4n) is 4.43. The molecule has 2 heterocycles. The van der Waals surface area contributed by atoms with E-state index in [1.807, 2.05) is 6.07 Å². The average Bonchev–Trinajstić information content (AvgIpc) is 3.42. The summed E-state index contributed by atoms with van der Waals surface area (Å²) in [7, 11) is 5.83.